The number of imidazole rings is 1. The van der Waals surface area contributed by atoms with Crippen molar-refractivity contribution in [1.29, 1.82) is 0 Å². The maximum Gasteiger partial charge on any atom is 0.327 e. The Morgan fingerprint density at radius 3 is 2.80 bits per heavy atom. The minimum absolute atomic E-state index is 0.247. The van der Waals surface area contributed by atoms with Crippen molar-refractivity contribution in [3.8, 4) is 0 Å². The summed E-state index contributed by atoms with van der Waals surface area (Å²) in [5, 5.41) is 0. The van der Waals surface area contributed by atoms with Gasteiger partial charge in [0, 0.05) is 0 Å². The minimum atomic E-state index is -0.520. The monoisotopic (exact) mass is 209 g/mol. The zero-order valence-corrected chi connectivity index (χ0v) is 8.44. The SMILES string of the molecule is CN(C)Cn1cnc2c(=O)[nH]c(=O)[nH]c21. The van der Waals surface area contributed by atoms with Crippen LogP contribution in [0.3, 0.4) is 0 Å². The molecule has 2 N–H and O–H groups in total. The van der Waals surface area contributed by atoms with Gasteiger partial charge in [-0.1, -0.05) is 0 Å². The van der Waals surface area contributed by atoms with Gasteiger partial charge in [-0.25, -0.2) is 9.78 Å². The van der Waals surface area contributed by atoms with Crippen LogP contribution in [0.2, 0.25) is 0 Å². The predicted molar refractivity (Wildman–Crippen MR) is 54.7 cm³/mol. The molecule has 0 aliphatic carbocycles. The number of rotatable bonds is 2. The smallest absolute Gasteiger partial charge is 0.303 e. The molecule has 2 aromatic rings. The van der Waals surface area contributed by atoms with Crippen molar-refractivity contribution in [3.05, 3.63) is 27.2 Å². The van der Waals surface area contributed by atoms with Crippen molar-refractivity contribution in [3.63, 3.8) is 0 Å². The van der Waals surface area contributed by atoms with E-state index in [1.807, 2.05) is 19.0 Å². The molecule has 0 aliphatic rings. The average Bonchev–Trinajstić information content (AvgIpc) is 2.48. The standard InChI is InChI=1S/C8H11N5O2/c1-12(2)4-13-3-9-5-6(13)10-8(15)11-7(5)14/h3H,4H2,1-2H3,(H2,10,11,14,15). The van der Waals surface area contributed by atoms with E-state index < -0.39 is 11.2 Å². The quantitative estimate of drug-likeness (QED) is 0.659. The van der Waals surface area contributed by atoms with Gasteiger partial charge in [0.2, 0.25) is 0 Å². The molecule has 15 heavy (non-hydrogen) atoms. The molecule has 7 heteroatoms. The van der Waals surface area contributed by atoms with Crippen LogP contribution in [-0.2, 0) is 6.67 Å². The molecule has 0 aromatic carbocycles. The molecule has 0 aliphatic heterocycles. The van der Waals surface area contributed by atoms with Crippen molar-refractivity contribution in [2.45, 2.75) is 6.67 Å². The van der Waals surface area contributed by atoms with Gasteiger partial charge in [0.05, 0.1) is 13.0 Å². The molecule has 0 atom stereocenters. The summed E-state index contributed by atoms with van der Waals surface area (Å²) >= 11 is 0. The number of nitrogens with zero attached hydrogens (tertiary/aromatic N) is 3. The first-order chi connectivity index (χ1) is 7.08. The lowest BCUT2D eigenvalue weighted by molar-refractivity contribution is 0.330. The molecular formula is C8H11N5O2. The lowest BCUT2D eigenvalue weighted by Gasteiger charge is -2.10. The fraction of sp³-hybridized carbons (Fsp3) is 0.375. The van der Waals surface area contributed by atoms with E-state index in [-0.39, 0.29) is 5.52 Å². The number of hydrogen-bond donors (Lipinski definition) is 2. The summed E-state index contributed by atoms with van der Waals surface area (Å²) in [5.74, 6) is 0. The van der Waals surface area contributed by atoms with Gasteiger partial charge in [-0.3, -0.25) is 19.7 Å². The third-order valence-electron chi connectivity index (χ3n) is 1.95. The highest BCUT2D eigenvalue weighted by Gasteiger charge is 2.07. The third-order valence-corrected chi connectivity index (χ3v) is 1.95. The molecule has 80 valence electrons. The molecule has 2 rings (SSSR count). The van der Waals surface area contributed by atoms with Crippen LogP contribution in [0.15, 0.2) is 15.9 Å². The van der Waals surface area contributed by atoms with E-state index >= 15 is 0 Å². The number of nitrogens with one attached hydrogen (secondary N) is 2. The summed E-state index contributed by atoms with van der Waals surface area (Å²) in [4.78, 5) is 32.9. The predicted octanol–water partition coefficient (Wildman–Crippen LogP) is -1.07. The normalized spacial score (nSPS) is 11.4. The maximum atomic E-state index is 11.3. The number of aromatic amines is 2. The van der Waals surface area contributed by atoms with E-state index in [2.05, 4.69) is 15.0 Å². The van der Waals surface area contributed by atoms with Gasteiger partial charge < -0.3 is 4.57 Å². The third kappa shape index (κ3) is 1.68. The molecular weight excluding hydrogens is 198 g/mol. The van der Waals surface area contributed by atoms with Crippen molar-refractivity contribution in [1.82, 2.24) is 24.4 Å². The highest BCUT2D eigenvalue weighted by atomic mass is 16.2. The average molecular weight is 209 g/mol. The lowest BCUT2D eigenvalue weighted by Crippen LogP contribution is -2.24. The lowest BCUT2D eigenvalue weighted by atomic mass is 10.5. The highest BCUT2D eigenvalue weighted by Crippen LogP contribution is 2.02. The van der Waals surface area contributed by atoms with E-state index in [0.29, 0.717) is 12.3 Å². The number of hydrogen-bond acceptors (Lipinski definition) is 4. The first-order valence-corrected chi connectivity index (χ1v) is 4.40. The molecule has 0 spiro atoms. The second-order valence-corrected chi connectivity index (χ2v) is 3.54. The summed E-state index contributed by atoms with van der Waals surface area (Å²) in [7, 11) is 3.77. The van der Waals surface area contributed by atoms with E-state index in [4.69, 9.17) is 0 Å². The Bertz CT molecular complexity index is 591. The Hall–Kier alpha value is -1.89. The molecule has 0 bridgehead atoms. The molecule has 0 radical (unpaired) electrons. The Morgan fingerprint density at radius 2 is 2.13 bits per heavy atom. The van der Waals surface area contributed by atoms with Crippen LogP contribution in [0.1, 0.15) is 0 Å². The van der Waals surface area contributed by atoms with Crippen LogP contribution in [-0.4, -0.2) is 38.5 Å². The second-order valence-electron chi connectivity index (χ2n) is 3.54. The summed E-state index contributed by atoms with van der Waals surface area (Å²) in [5.41, 5.74) is -0.298. The second kappa shape index (κ2) is 3.35. The van der Waals surface area contributed by atoms with Crippen LogP contribution in [0.5, 0.6) is 0 Å². The number of fused-ring (bicyclic) bond motifs is 1. The molecule has 0 amide bonds. The fourth-order valence-electron chi connectivity index (χ4n) is 1.39. The first kappa shape index (κ1) is 9.66. The molecule has 0 fully saturated rings. The Kier molecular flexibility index (Phi) is 2.16. The van der Waals surface area contributed by atoms with Gasteiger partial charge in [-0.15, -0.1) is 0 Å². The molecule has 2 aromatic heterocycles. The topological polar surface area (TPSA) is 86.8 Å². The molecule has 2 heterocycles. The van der Waals surface area contributed by atoms with Gasteiger partial charge in [0.15, 0.2) is 5.52 Å². The maximum absolute atomic E-state index is 11.3. The van der Waals surface area contributed by atoms with E-state index in [0.717, 1.165) is 0 Å². The Balaban J connectivity index is 2.69. The van der Waals surface area contributed by atoms with Crippen molar-refractivity contribution in [2.75, 3.05) is 14.1 Å². The zero-order valence-electron chi connectivity index (χ0n) is 8.44. The van der Waals surface area contributed by atoms with Crippen molar-refractivity contribution < 1.29 is 0 Å². The Morgan fingerprint density at radius 1 is 1.40 bits per heavy atom. The van der Waals surface area contributed by atoms with Crippen molar-refractivity contribution in [2.24, 2.45) is 0 Å². The van der Waals surface area contributed by atoms with Gasteiger partial charge in [-0.2, -0.15) is 0 Å². The largest absolute Gasteiger partial charge is 0.327 e. The van der Waals surface area contributed by atoms with Crippen LogP contribution < -0.4 is 11.2 Å². The zero-order chi connectivity index (χ0) is 11.0. The fourth-order valence-corrected chi connectivity index (χ4v) is 1.39. The molecule has 0 saturated carbocycles. The van der Waals surface area contributed by atoms with Crippen LogP contribution >= 0.6 is 0 Å². The number of H-pyrrole nitrogens is 2. The summed E-state index contributed by atoms with van der Waals surface area (Å²) in [6, 6.07) is 0. The summed E-state index contributed by atoms with van der Waals surface area (Å²) in [6.07, 6.45) is 1.52. The van der Waals surface area contributed by atoms with E-state index in [1.54, 1.807) is 4.57 Å². The van der Waals surface area contributed by atoms with Crippen LogP contribution in [0, 0.1) is 0 Å². The number of aromatic nitrogens is 4. The van der Waals surface area contributed by atoms with Crippen LogP contribution in [0.4, 0.5) is 0 Å². The summed E-state index contributed by atoms with van der Waals surface area (Å²) in [6.45, 7) is 0.551. The van der Waals surface area contributed by atoms with Gasteiger partial charge in [0.1, 0.15) is 5.65 Å². The molecule has 0 saturated heterocycles. The first-order valence-electron chi connectivity index (χ1n) is 4.40. The highest BCUT2D eigenvalue weighted by molar-refractivity contribution is 5.68. The molecule has 0 unspecified atom stereocenters. The van der Waals surface area contributed by atoms with Crippen LogP contribution in [0.25, 0.3) is 11.2 Å². The van der Waals surface area contributed by atoms with Gasteiger partial charge in [-0.05, 0) is 14.1 Å². The minimum Gasteiger partial charge on any atom is -0.303 e. The molecule has 7 nitrogen and oxygen atoms in total. The van der Waals surface area contributed by atoms with Crippen molar-refractivity contribution >= 4 is 11.2 Å². The van der Waals surface area contributed by atoms with E-state index in [9.17, 15) is 9.59 Å². The van der Waals surface area contributed by atoms with E-state index in [1.165, 1.54) is 6.33 Å². The summed E-state index contributed by atoms with van der Waals surface area (Å²) < 4.78 is 1.70. The van der Waals surface area contributed by atoms with Gasteiger partial charge in [0.25, 0.3) is 5.56 Å². The van der Waals surface area contributed by atoms with Gasteiger partial charge >= 0.3 is 5.69 Å². The Labute approximate surface area is 84.4 Å².